The number of amides is 1. The molecular weight excluding hydrogens is 347 g/mol. The van der Waals surface area contributed by atoms with Crippen LogP contribution in [0.4, 0.5) is 4.39 Å². The summed E-state index contributed by atoms with van der Waals surface area (Å²) in [6, 6.07) is 15.3. The Bertz CT molecular complexity index is 863. The lowest BCUT2D eigenvalue weighted by molar-refractivity contribution is 0.0751. The number of hydrogen-bond donors (Lipinski definition) is 0. The number of benzene rings is 2. The molecule has 0 N–H and O–H groups in total. The number of carbonyl (C=O) groups is 1. The van der Waals surface area contributed by atoms with Gasteiger partial charge in [0.2, 0.25) is 0 Å². The molecule has 0 unspecified atom stereocenters. The van der Waals surface area contributed by atoms with Gasteiger partial charge < -0.3 is 14.1 Å². The van der Waals surface area contributed by atoms with Crippen LogP contribution in [-0.4, -0.2) is 35.5 Å². The Morgan fingerprint density at radius 3 is 2.59 bits per heavy atom. The second-order valence-corrected chi connectivity index (χ2v) is 5.94. The van der Waals surface area contributed by atoms with Gasteiger partial charge in [0.25, 0.3) is 5.91 Å². The Hall–Kier alpha value is -3.15. The molecule has 0 saturated heterocycles. The minimum atomic E-state index is -0.299. The topological polar surface area (TPSA) is 55.6 Å². The van der Waals surface area contributed by atoms with Gasteiger partial charge in [-0.05, 0) is 37.6 Å². The van der Waals surface area contributed by atoms with E-state index in [1.807, 2.05) is 37.3 Å². The number of carbonyl (C=O) groups excluding carboxylic acids is 1. The Balaban J connectivity index is 1.58. The molecule has 5 nitrogen and oxygen atoms in total. The summed E-state index contributed by atoms with van der Waals surface area (Å²) in [5.74, 6) is 0.606. The fourth-order valence-electron chi connectivity index (χ4n) is 2.72. The third-order valence-electron chi connectivity index (χ3n) is 4.13. The molecule has 1 aromatic heterocycles. The van der Waals surface area contributed by atoms with Crippen molar-refractivity contribution in [3.63, 3.8) is 0 Å². The van der Waals surface area contributed by atoms with Gasteiger partial charge in [0.15, 0.2) is 17.8 Å². The molecule has 27 heavy (non-hydrogen) atoms. The van der Waals surface area contributed by atoms with Crippen molar-refractivity contribution in [2.45, 2.75) is 13.3 Å². The van der Waals surface area contributed by atoms with E-state index < -0.39 is 0 Å². The number of ether oxygens (including phenoxy) is 1. The number of nitrogens with zero attached hydrogens (tertiary/aromatic N) is 2. The third kappa shape index (κ3) is 4.73. The summed E-state index contributed by atoms with van der Waals surface area (Å²) in [6.45, 7) is 3.43. The molecule has 6 heteroatoms. The van der Waals surface area contributed by atoms with E-state index in [-0.39, 0.29) is 11.7 Å². The summed E-state index contributed by atoms with van der Waals surface area (Å²) in [7, 11) is 0. The minimum Gasteiger partial charge on any atom is -0.494 e. The van der Waals surface area contributed by atoms with Gasteiger partial charge in [-0.1, -0.05) is 30.3 Å². The van der Waals surface area contributed by atoms with Gasteiger partial charge in [-0.3, -0.25) is 4.79 Å². The van der Waals surface area contributed by atoms with Crippen LogP contribution in [0, 0.1) is 5.82 Å². The summed E-state index contributed by atoms with van der Waals surface area (Å²) >= 11 is 0. The van der Waals surface area contributed by atoms with Crippen LogP contribution < -0.4 is 4.74 Å². The lowest BCUT2D eigenvalue weighted by atomic mass is 10.1. The maximum Gasteiger partial charge on any atom is 0.276 e. The zero-order chi connectivity index (χ0) is 19.1. The summed E-state index contributed by atoms with van der Waals surface area (Å²) in [6.07, 6.45) is 1.94. The van der Waals surface area contributed by atoms with E-state index >= 15 is 0 Å². The van der Waals surface area contributed by atoms with Crippen LogP contribution >= 0.6 is 0 Å². The average Bonchev–Trinajstić information content (AvgIpc) is 3.19. The van der Waals surface area contributed by atoms with Gasteiger partial charge in [-0.15, -0.1) is 0 Å². The number of aromatic nitrogens is 1. The van der Waals surface area contributed by atoms with Crippen LogP contribution in [-0.2, 0) is 0 Å². The Morgan fingerprint density at radius 2 is 1.89 bits per heavy atom. The van der Waals surface area contributed by atoms with E-state index in [9.17, 15) is 9.18 Å². The smallest absolute Gasteiger partial charge is 0.276 e. The first kappa shape index (κ1) is 18.6. The fraction of sp³-hybridized carbons (Fsp3) is 0.238. The Labute approximate surface area is 157 Å². The Kier molecular flexibility index (Phi) is 6.20. The molecule has 0 aliphatic carbocycles. The quantitative estimate of drug-likeness (QED) is 0.553. The van der Waals surface area contributed by atoms with E-state index in [0.29, 0.717) is 43.3 Å². The number of halogens is 1. The molecule has 140 valence electrons. The predicted molar refractivity (Wildman–Crippen MR) is 100 cm³/mol. The lowest BCUT2D eigenvalue weighted by Gasteiger charge is -2.20. The average molecular weight is 368 g/mol. The first-order valence-corrected chi connectivity index (χ1v) is 8.85. The third-order valence-corrected chi connectivity index (χ3v) is 4.13. The number of hydrogen-bond acceptors (Lipinski definition) is 4. The molecule has 0 fully saturated rings. The highest BCUT2D eigenvalue weighted by atomic mass is 19.1. The van der Waals surface area contributed by atoms with Gasteiger partial charge in [-0.2, -0.15) is 0 Å². The zero-order valence-corrected chi connectivity index (χ0v) is 15.1. The summed E-state index contributed by atoms with van der Waals surface area (Å²) in [4.78, 5) is 18.7. The molecule has 0 saturated carbocycles. The molecule has 0 bridgehead atoms. The molecule has 1 amide bonds. The van der Waals surface area contributed by atoms with Crippen LogP contribution in [0.25, 0.3) is 11.3 Å². The molecule has 0 atom stereocenters. The highest BCUT2D eigenvalue weighted by molar-refractivity contribution is 5.97. The van der Waals surface area contributed by atoms with Gasteiger partial charge in [0, 0.05) is 18.7 Å². The van der Waals surface area contributed by atoms with Gasteiger partial charge in [-0.25, -0.2) is 9.37 Å². The van der Waals surface area contributed by atoms with Crippen LogP contribution in [0.2, 0.25) is 0 Å². The molecule has 3 aromatic rings. The second kappa shape index (κ2) is 8.98. The van der Waals surface area contributed by atoms with Crippen molar-refractivity contribution < 1.29 is 18.3 Å². The highest BCUT2D eigenvalue weighted by Crippen LogP contribution is 2.24. The van der Waals surface area contributed by atoms with Crippen LogP contribution in [0.1, 0.15) is 23.8 Å². The summed E-state index contributed by atoms with van der Waals surface area (Å²) in [5.41, 5.74) is 1.12. The summed E-state index contributed by atoms with van der Waals surface area (Å²) in [5, 5.41) is 0. The van der Waals surface area contributed by atoms with E-state index in [4.69, 9.17) is 9.15 Å². The van der Waals surface area contributed by atoms with Gasteiger partial charge in [0.1, 0.15) is 11.6 Å². The van der Waals surface area contributed by atoms with Crippen molar-refractivity contribution in [1.29, 1.82) is 0 Å². The largest absolute Gasteiger partial charge is 0.494 e. The SMILES string of the molecule is CCN(CCCOc1ccc(F)cc1)C(=O)c1ncoc1-c1ccccc1. The van der Waals surface area contributed by atoms with E-state index in [1.165, 1.54) is 18.5 Å². The molecular formula is C21H21FN2O3. The number of rotatable bonds is 8. The monoisotopic (exact) mass is 368 g/mol. The number of oxazole rings is 1. The van der Waals surface area contributed by atoms with E-state index in [1.54, 1.807) is 17.0 Å². The van der Waals surface area contributed by atoms with Crippen molar-refractivity contribution in [3.05, 3.63) is 72.5 Å². The fourth-order valence-corrected chi connectivity index (χ4v) is 2.72. The van der Waals surface area contributed by atoms with Crippen LogP contribution in [0.5, 0.6) is 5.75 Å². The molecule has 0 spiro atoms. The van der Waals surface area contributed by atoms with Crippen molar-refractivity contribution >= 4 is 5.91 Å². The van der Waals surface area contributed by atoms with Crippen molar-refractivity contribution in [3.8, 4) is 17.1 Å². The lowest BCUT2D eigenvalue weighted by Crippen LogP contribution is -2.33. The second-order valence-electron chi connectivity index (χ2n) is 5.94. The van der Waals surface area contributed by atoms with Gasteiger partial charge in [0.05, 0.1) is 6.61 Å². The van der Waals surface area contributed by atoms with Crippen molar-refractivity contribution in [2.75, 3.05) is 19.7 Å². The predicted octanol–water partition coefficient (Wildman–Crippen LogP) is 4.41. The van der Waals surface area contributed by atoms with E-state index in [2.05, 4.69) is 4.98 Å². The molecule has 0 aliphatic heterocycles. The maximum atomic E-state index is 12.9. The normalized spacial score (nSPS) is 10.6. The molecule has 0 aliphatic rings. The highest BCUT2D eigenvalue weighted by Gasteiger charge is 2.22. The summed E-state index contributed by atoms with van der Waals surface area (Å²) < 4.78 is 23.9. The van der Waals surface area contributed by atoms with Crippen molar-refractivity contribution in [2.24, 2.45) is 0 Å². The van der Waals surface area contributed by atoms with Crippen LogP contribution in [0.15, 0.2) is 65.4 Å². The molecule has 2 aromatic carbocycles. The minimum absolute atomic E-state index is 0.174. The maximum absolute atomic E-state index is 12.9. The first-order valence-electron chi connectivity index (χ1n) is 8.85. The molecule has 0 radical (unpaired) electrons. The molecule has 1 heterocycles. The standard InChI is InChI=1S/C21H21FN2O3/c1-2-24(13-6-14-26-18-11-9-17(22)10-12-18)21(25)19-20(27-15-23-19)16-7-4-3-5-8-16/h3-5,7-12,15H,2,6,13-14H2,1H3. The Morgan fingerprint density at radius 1 is 1.15 bits per heavy atom. The molecule has 3 rings (SSSR count). The van der Waals surface area contributed by atoms with Crippen LogP contribution in [0.3, 0.4) is 0 Å². The van der Waals surface area contributed by atoms with Gasteiger partial charge >= 0.3 is 0 Å². The zero-order valence-electron chi connectivity index (χ0n) is 15.1. The first-order chi connectivity index (χ1) is 13.2. The van der Waals surface area contributed by atoms with Crippen molar-refractivity contribution in [1.82, 2.24) is 9.88 Å². The van der Waals surface area contributed by atoms with E-state index in [0.717, 1.165) is 5.56 Å².